The first-order valence-electron chi connectivity index (χ1n) is 25.4. The third kappa shape index (κ3) is 20.3. The number of benzene rings is 2. The minimum absolute atomic E-state index is 0.0265. The van der Waals surface area contributed by atoms with Crippen LogP contribution in [0.2, 0.25) is 0 Å². The molecule has 24 heteroatoms. The number of fused-ring (bicyclic) bond motifs is 1. The predicted molar refractivity (Wildman–Crippen MR) is 284 cm³/mol. The number of guanidine groups is 2. The lowest BCUT2D eigenvalue weighted by Gasteiger charge is -2.27. The smallest absolute Gasteiger partial charge is 0.243 e. The van der Waals surface area contributed by atoms with Crippen molar-refractivity contribution in [2.75, 3.05) is 13.1 Å². The number of aromatic nitrogens is 1. The number of amides is 7. The maximum absolute atomic E-state index is 14.8. The Labute approximate surface area is 440 Å². The van der Waals surface area contributed by atoms with E-state index < -0.39 is 108 Å². The van der Waals surface area contributed by atoms with Crippen molar-refractivity contribution in [3.05, 3.63) is 71.4 Å². The standard InChI is InChI=1S/C52H74N14O10/c1-29-11-3-4-12-31(29)24-41-44(70)25-32(13-9-21-59-51(55)56)43(69)26-33(23-34-28-61-37-16-8-6-15-36(34)37)47(73)63-38(46(54)72)17-7-5-14-35(68)19-20-40(49(75)66-42(27-45(53)71)50(76)65-41)64-48(74)39(62-30(2)67)18-10-22-60-52(57)58/h3-4,6,8,11-12,15-16,28,32-33,38-42,61H,5,7,9-10,13-14,17-27H2,1-2H3,(H2,53,71)(H2,54,72)(H,62,67)(H,63,73)(H,64,74)(H,65,76)(H,66,75)(H4,55,56,59)(H4,57,58,60)/t32-,33-,38+,39+,40+,41-,42+/m1/s1. The van der Waals surface area contributed by atoms with Crippen LogP contribution in [0, 0.1) is 18.8 Å². The van der Waals surface area contributed by atoms with Crippen molar-refractivity contribution in [2.24, 2.45) is 56.2 Å². The molecule has 7 atom stereocenters. The van der Waals surface area contributed by atoms with Gasteiger partial charge < -0.3 is 66.0 Å². The number of para-hydroxylation sites is 1. The van der Waals surface area contributed by atoms with Crippen molar-refractivity contribution in [3.63, 3.8) is 0 Å². The van der Waals surface area contributed by atoms with Gasteiger partial charge in [0, 0.05) is 74.6 Å². The van der Waals surface area contributed by atoms with E-state index in [0.29, 0.717) is 11.1 Å². The van der Waals surface area contributed by atoms with Crippen molar-refractivity contribution in [1.29, 1.82) is 0 Å². The van der Waals surface area contributed by atoms with Gasteiger partial charge >= 0.3 is 0 Å². The lowest BCUT2D eigenvalue weighted by atomic mass is 9.83. The number of carbonyl (C=O) groups is 10. The minimum atomic E-state index is -1.72. The molecule has 412 valence electrons. The van der Waals surface area contributed by atoms with E-state index in [1.165, 1.54) is 6.92 Å². The third-order valence-electron chi connectivity index (χ3n) is 13.1. The summed E-state index contributed by atoms with van der Waals surface area (Å²) in [4.78, 5) is 149. The molecule has 0 spiro atoms. The Bertz CT molecular complexity index is 2620. The summed E-state index contributed by atoms with van der Waals surface area (Å²) in [6, 6.07) is 7.43. The number of nitrogens with zero attached hydrogens (tertiary/aromatic N) is 2. The molecule has 2 aromatic carbocycles. The van der Waals surface area contributed by atoms with Crippen LogP contribution >= 0.6 is 0 Å². The van der Waals surface area contributed by atoms with Crippen molar-refractivity contribution < 1.29 is 47.9 Å². The van der Waals surface area contributed by atoms with Gasteiger partial charge in [0.2, 0.25) is 41.4 Å². The fraction of sp³-hybridized carbons (Fsp3) is 0.500. The first-order valence-corrected chi connectivity index (χ1v) is 25.4. The van der Waals surface area contributed by atoms with E-state index in [0.717, 1.165) is 16.5 Å². The zero-order chi connectivity index (χ0) is 55.9. The third-order valence-corrected chi connectivity index (χ3v) is 13.1. The highest BCUT2D eigenvalue weighted by Crippen LogP contribution is 2.27. The molecular formula is C52H74N14O10. The molecule has 2 heterocycles. The summed E-state index contributed by atoms with van der Waals surface area (Å²) >= 11 is 0. The molecule has 1 aromatic heterocycles. The number of Topliss-reactive ketones (excluding diaryl/α,β-unsaturated/α-hetero) is 3. The van der Waals surface area contributed by atoms with Crippen LogP contribution in [0.5, 0.6) is 0 Å². The SMILES string of the molecule is CC(=O)N[C@@H](CCCN=C(N)N)C(=O)N[C@H]1CCC(=O)CCCC[C@@H](C(N)=O)NC(=O)[C@H](Cc2c[nH]c3ccccc23)CC(=O)[C@H](CCCN=C(N)N)CC(=O)[C@@H](Cc2ccccc2C)NC(=O)[C@H](CC(N)=O)NC1=O. The molecule has 24 nitrogen and oxygen atoms in total. The number of nitrogens with two attached hydrogens (primary N) is 6. The molecule has 0 radical (unpaired) electrons. The molecule has 0 bridgehead atoms. The lowest BCUT2D eigenvalue weighted by molar-refractivity contribution is -0.136. The zero-order valence-electron chi connectivity index (χ0n) is 43.2. The number of hydrogen-bond acceptors (Lipinski definition) is 12. The van der Waals surface area contributed by atoms with Gasteiger partial charge in [-0.05, 0) is 87.5 Å². The van der Waals surface area contributed by atoms with Crippen LogP contribution in [-0.2, 0) is 60.8 Å². The maximum Gasteiger partial charge on any atom is 0.243 e. The van der Waals surface area contributed by atoms with Crippen molar-refractivity contribution in [2.45, 2.75) is 140 Å². The van der Waals surface area contributed by atoms with Gasteiger partial charge in [0.05, 0.1) is 12.5 Å². The van der Waals surface area contributed by atoms with Crippen molar-refractivity contribution in [1.82, 2.24) is 31.6 Å². The molecule has 0 unspecified atom stereocenters. The molecule has 1 aliphatic rings. The lowest BCUT2D eigenvalue weighted by Crippen LogP contribution is -2.58. The maximum atomic E-state index is 14.8. The highest BCUT2D eigenvalue weighted by atomic mass is 16.2. The molecule has 0 aliphatic carbocycles. The summed E-state index contributed by atoms with van der Waals surface area (Å²) in [7, 11) is 0. The fourth-order valence-electron chi connectivity index (χ4n) is 9.04. The number of aliphatic imine (C=N–C) groups is 2. The second-order valence-corrected chi connectivity index (χ2v) is 19.2. The number of H-pyrrole nitrogens is 1. The number of primary amides is 2. The van der Waals surface area contributed by atoms with Crippen molar-refractivity contribution in [3.8, 4) is 0 Å². The molecule has 76 heavy (non-hydrogen) atoms. The zero-order valence-corrected chi connectivity index (χ0v) is 43.2. The van der Waals surface area contributed by atoms with Crippen LogP contribution in [0.1, 0.15) is 107 Å². The molecule has 7 amide bonds. The van der Waals surface area contributed by atoms with E-state index >= 15 is 0 Å². The van der Waals surface area contributed by atoms with Gasteiger partial charge in [0.25, 0.3) is 0 Å². The van der Waals surface area contributed by atoms with E-state index in [2.05, 4.69) is 41.6 Å². The minimum Gasteiger partial charge on any atom is -0.370 e. The number of rotatable bonds is 18. The first kappa shape index (κ1) is 60.4. The van der Waals surface area contributed by atoms with Crippen LogP contribution in [0.4, 0.5) is 0 Å². The van der Waals surface area contributed by atoms with Gasteiger partial charge in [-0.25, -0.2) is 0 Å². The Morgan fingerprint density at radius 2 is 1.36 bits per heavy atom. The highest BCUT2D eigenvalue weighted by Gasteiger charge is 2.36. The second kappa shape index (κ2) is 30.3. The summed E-state index contributed by atoms with van der Waals surface area (Å²) in [5, 5.41) is 13.8. The van der Waals surface area contributed by atoms with Crippen LogP contribution in [-0.4, -0.2) is 119 Å². The Morgan fingerprint density at radius 1 is 0.697 bits per heavy atom. The number of carbonyl (C=O) groups excluding carboxylic acids is 10. The summed E-state index contributed by atoms with van der Waals surface area (Å²) in [5.41, 5.74) is 36.4. The number of ketones is 3. The van der Waals surface area contributed by atoms with Gasteiger partial charge in [0.15, 0.2) is 17.7 Å². The molecule has 1 aliphatic heterocycles. The average molecular weight is 1060 g/mol. The molecule has 4 rings (SSSR count). The number of hydrogen-bond donors (Lipinski definition) is 12. The second-order valence-electron chi connectivity index (χ2n) is 19.2. The van der Waals surface area contributed by atoms with Gasteiger partial charge in [-0.1, -0.05) is 48.9 Å². The Morgan fingerprint density at radius 3 is 2.03 bits per heavy atom. The topological polar surface area (TPSA) is 427 Å². The normalized spacial score (nSPS) is 21.2. The molecular weight excluding hydrogens is 981 g/mol. The largest absolute Gasteiger partial charge is 0.370 e. The fourth-order valence-corrected chi connectivity index (χ4v) is 9.04. The number of aromatic amines is 1. The van der Waals surface area contributed by atoms with Crippen LogP contribution in [0.3, 0.4) is 0 Å². The van der Waals surface area contributed by atoms with Crippen molar-refractivity contribution >= 4 is 81.5 Å². The average Bonchev–Trinajstić information content (AvgIpc) is 3.76. The Balaban J connectivity index is 1.79. The highest BCUT2D eigenvalue weighted by molar-refractivity contribution is 5.99. The monoisotopic (exact) mass is 1050 g/mol. The Hall–Kier alpha value is -8.18. The van der Waals surface area contributed by atoms with Gasteiger partial charge in [0.1, 0.15) is 35.7 Å². The Kier molecular flexibility index (Phi) is 24.0. The van der Waals surface area contributed by atoms with E-state index in [1.807, 2.05) is 24.3 Å². The summed E-state index contributed by atoms with van der Waals surface area (Å²) < 4.78 is 0. The van der Waals surface area contributed by atoms with E-state index in [1.54, 1.807) is 37.4 Å². The predicted octanol–water partition coefficient (Wildman–Crippen LogP) is -0.753. The van der Waals surface area contributed by atoms with E-state index in [4.69, 9.17) is 34.4 Å². The number of aryl methyl sites for hydroxylation is 1. The van der Waals surface area contributed by atoms with E-state index in [-0.39, 0.29) is 114 Å². The molecule has 18 N–H and O–H groups in total. The number of nitrogens with one attached hydrogen (secondary N) is 6. The summed E-state index contributed by atoms with van der Waals surface area (Å²) in [6.45, 7) is 3.19. The molecule has 0 saturated carbocycles. The summed E-state index contributed by atoms with van der Waals surface area (Å²) in [5.74, 6) is -9.86. The van der Waals surface area contributed by atoms with E-state index in [9.17, 15) is 47.9 Å². The van der Waals surface area contributed by atoms with Gasteiger partial charge in [-0.2, -0.15) is 0 Å². The molecule has 1 fully saturated rings. The van der Waals surface area contributed by atoms with Crippen LogP contribution in [0.15, 0.2) is 64.7 Å². The molecule has 3 aromatic rings. The summed E-state index contributed by atoms with van der Waals surface area (Å²) in [6.07, 6.45) is 0.497. The quantitative estimate of drug-likeness (QED) is 0.0424. The van der Waals surface area contributed by atoms with Gasteiger partial charge in [-0.15, -0.1) is 0 Å². The van der Waals surface area contributed by atoms with Crippen LogP contribution < -0.4 is 61.0 Å². The molecule has 1 saturated heterocycles. The van der Waals surface area contributed by atoms with Gasteiger partial charge in [-0.3, -0.25) is 57.9 Å². The first-order chi connectivity index (χ1) is 36.1. The van der Waals surface area contributed by atoms with Crippen LogP contribution in [0.25, 0.3) is 10.9 Å².